The average molecular weight is 315 g/mol. The highest BCUT2D eigenvalue weighted by atomic mass is 79.9. The fourth-order valence-corrected chi connectivity index (χ4v) is 3.24. The van der Waals surface area contributed by atoms with E-state index in [-0.39, 0.29) is 11.9 Å². The lowest BCUT2D eigenvalue weighted by Crippen LogP contribution is -2.45. The van der Waals surface area contributed by atoms with Crippen molar-refractivity contribution >= 4 is 15.9 Å². The zero-order chi connectivity index (χ0) is 13.1. The molecule has 0 aromatic heterocycles. The number of rotatable bonds is 3. The minimum atomic E-state index is -0.195. The third-order valence-electron chi connectivity index (χ3n) is 3.87. The first-order valence-electron chi connectivity index (χ1n) is 6.47. The van der Waals surface area contributed by atoms with Crippen LogP contribution in [0.1, 0.15) is 31.4 Å². The lowest BCUT2D eigenvalue weighted by molar-refractivity contribution is 0.156. The molecule has 1 heterocycles. The summed E-state index contributed by atoms with van der Waals surface area (Å²) in [5, 5.41) is 3.43. The third kappa shape index (κ3) is 3.11. The summed E-state index contributed by atoms with van der Waals surface area (Å²) in [4.78, 5) is 2.38. The number of hydrogen-bond donors (Lipinski definition) is 1. The monoisotopic (exact) mass is 314 g/mol. The molecule has 18 heavy (non-hydrogen) atoms. The van der Waals surface area contributed by atoms with Gasteiger partial charge in [-0.05, 0) is 51.1 Å². The zero-order valence-electron chi connectivity index (χ0n) is 10.9. The Labute approximate surface area is 117 Å². The summed E-state index contributed by atoms with van der Waals surface area (Å²) in [6.45, 7) is 4.34. The van der Waals surface area contributed by atoms with E-state index in [4.69, 9.17) is 0 Å². The largest absolute Gasteiger partial charge is 0.315 e. The minimum Gasteiger partial charge on any atom is -0.315 e. The number of piperidine rings is 1. The van der Waals surface area contributed by atoms with E-state index in [0.29, 0.717) is 6.04 Å². The van der Waals surface area contributed by atoms with Gasteiger partial charge in [0.2, 0.25) is 0 Å². The molecule has 0 saturated carbocycles. The van der Waals surface area contributed by atoms with Crippen LogP contribution in [-0.4, -0.2) is 31.1 Å². The quantitative estimate of drug-likeness (QED) is 0.920. The van der Waals surface area contributed by atoms with E-state index in [9.17, 15) is 4.39 Å². The number of hydrogen-bond acceptors (Lipinski definition) is 2. The topological polar surface area (TPSA) is 15.3 Å². The zero-order valence-corrected chi connectivity index (χ0v) is 12.5. The molecule has 0 radical (unpaired) electrons. The van der Waals surface area contributed by atoms with Crippen molar-refractivity contribution in [3.05, 3.63) is 34.1 Å². The Bertz CT molecular complexity index is 405. The predicted octanol–water partition coefficient (Wildman–Crippen LogP) is 3.33. The van der Waals surface area contributed by atoms with Crippen LogP contribution in [0.4, 0.5) is 4.39 Å². The molecule has 2 atom stereocenters. The first kappa shape index (κ1) is 14.0. The minimum absolute atomic E-state index is 0.195. The molecule has 1 aliphatic rings. The summed E-state index contributed by atoms with van der Waals surface area (Å²) in [6, 6.07) is 5.79. The van der Waals surface area contributed by atoms with Gasteiger partial charge in [-0.3, -0.25) is 4.90 Å². The lowest BCUT2D eigenvalue weighted by atomic mass is 10.0. The van der Waals surface area contributed by atoms with Crippen molar-refractivity contribution in [2.75, 3.05) is 20.1 Å². The Balaban J connectivity index is 2.11. The smallest absolute Gasteiger partial charge is 0.124 e. The summed E-state index contributed by atoms with van der Waals surface area (Å²) < 4.78 is 14.0. The molecule has 1 N–H and O–H groups in total. The molecule has 0 bridgehead atoms. The van der Waals surface area contributed by atoms with E-state index in [0.717, 1.165) is 23.1 Å². The Morgan fingerprint density at radius 2 is 2.28 bits per heavy atom. The Morgan fingerprint density at radius 1 is 1.50 bits per heavy atom. The summed E-state index contributed by atoms with van der Waals surface area (Å²) in [5.74, 6) is -0.195. The molecular weight excluding hydrogens is 295 g/mol. The van der Waals surface area contributed by atoms with Crippen LogP contribution >= 0.6 is 15.9 Å². The molecule has 1 fully saturated rings. The molecule has 0 amide bonds. The highest BCUT2D eigenvalue weighted by Gasteiger charge is 2.23. The summed E-state index contributed by atoms with van der Waals surface area (Å²) in [6.07, 6.45) is 2.46. The van der Waals surface area contributed by atoms with Crippen LogP contribution in [-0.2, 0) is 0 Å². The summed E-state index contributed by atoms with van der Waals surface area (Å²) >= 11 is 3.46. The Hall–Kier alpha value is -0.450. The molecule has 2 nitrogen and oxygen atoms in total. The average Bonchev–Trinajstić information content (AvgIpc) is 2.38. The van der Waals surface area contributed by atoms with Crippen molar-refractivity contribution < 1.29 is 4.39 Å². The fraction of sp³-hybridized carbons (Fsp3) is 0.571. The van der Waals surface area contributed by atoms with Crippen LogP contribution in [0, 0.1) is 5.82 Å². The van der Waals surface area contributed by atoms with Gasteiger partial charge in [-0.25, -0.2) is 4.39 Å². The second-order valence-electron chi connectivity index (χ2n) is 5.01. The maximum Gasteiger partial charge on any atom is 0.124 e. The lowest BCUT2D eigenvalue weighted by Gasteiger charge is -2.36. The predicted molar refractivity (Wildman–Crippen MR) is 76.2 cm³/mol. The van der Waals surface area contributed by atoms with E-state index in [2.05, 4.69) is 40.1 Å². The van der Waals surface area contributed by atoms with Crippen molar-refractivity contribution in [2.45, 2.75) is 31.8 Å². The van der Waals surface area contributed by atoms with Gasteiger partial charge in [-0.2, -0.15) is 0 Å². The number of nitrogens with zero attached hydrogens (tertiary/aromatic N) is 1. The van der Waals surface area contributed by atoms with Crippen molar-refractivity contribution in [3.63, 3.8) is 0 Å². The SMILES string of the molecule is CC(c1ccc(F)cc1Br)N(C)C1CCCNC1. The van der Waals surface area contributed by atoms with Crippen LogP contribution < -0.4 is 5.32 Å². The fourth-order valence-electron chi connectivity index (χ4n) is 2.56. The van der Waals surface area contributed by atoms with Gasteiger partial charge in [0.1, 0.15) is 5.82 Å². The first-order valence-corrected chi connectivity index (χ1v) is 7.26. The van der Waals surface area contributed by atoms with Crippen molar-refractivity contribution in [1.82, 2.24) is 10.2 Å². The molecule has 0 aliphatic carbocycles. The van der Waals surface area contributed by atoms with Gasteiger partial charge in [0.25, 0.3) is 0 Å². The summed E-state index contributed by atoms with van der Waals surface area (Å²) in [7, 11) is 2.15. The molecular formula is C14H20BrFN2. The van der Waals surface area contributed by atoms with E-state index in [1.807, 2.05) is 6.07 Å². The van der Waals surface area contributed by atoms with Gasteiger partial charge in [-0.1, -0.05) is 22.0 Å². The number of halogens is 2. The van der Waals surface area contributed by atoms with Gasteiger partial charge < -0.3 is 5.32 Å². The standard InChI is InChI=1S/C14H20BrFN2/c1-10(13-6-5-11(16)8-14(13)15)18(2)12-4-3-7-17-9-12/h5-6,8,10,12,17H,3-4,7,9H2,1-2H3. The van der Waals surface area contributed by atoms with Crippen molar-refractivity contribution in [2.24, 2.45) is 0 Å². The van der Waals surface area contributed by atoms with E-state index < -0.39 is 0 Å². The molecule has 4 heteroatoms. The Morgan fingerprint density at radius 3 is 2.89 bits per heavy atom. The molecule has 2 unspecified atom stereocenters. The second kappa shape index (κ2) is 6.13. The van der Waals surface area contributed by atoms with Crippen molar-refractivity contribution in [3.8, 4) is 0 Å². The van der Waals surface area contributed by atoms with E-state index >= 15 is 0 Å². The van der Waals surface area contributed by atoms with E-state index in [1.165, 1.54) is 18.9 Å². The van der Waals surface area contributed by atoms with Gasteiger partial charge in [0.05, 0.1) is 0 Å². The molecule has 0 spiro atoms. The maximum absolute atomic E-state index is 13.1. The van der Waals surface area contributed by atoms with Crippen LogP contribution in [0.5, 0.6) is 0 Å². The van der Waals surface area contributed by atoms with Crippen LogP contribution in [0.3, 0.4) is 0 Å². The molecule has 1 saturated heterocycles. The van der Waals surface area contributed by atoms with Crippen molar-refractivity contribution in [1.29, 1.82) is 0 Å². The molecule has 1 aromatic carbocycles. The second-order valence-corrected chi connectivity index (χ2v) is 5.86. The van der Waals surface area contributed by atoms with Crippen LogP contribution in [0.25, 0.3) is 0 Å². The molecule has 100 valence electrons. The Kier molecular flexibility index (Phi) is 4.76. The number of likely N-dealkylation sites (N-methyl/N-ethyl adjacent to an activating group) is 1. The molecule has 1 aliphatic heterocycles. The maximum atomic E-state index is 13.1. The van der Waals surface area contributed by atoms with Crippen LogP contribution in [0.2, 0.25) is 0 Å². The van der Waals surface area contributed by atoms with Gasteiger partial charge in [0.15, 0.2) is 0 Å². The highest BCUT2D eigenvalue weighted by molar-refractivity contribution is 9.10. The summed E-state index contributed by atoms with van der Waals surface area (Å²) in [5.41, 5.74) is 1.14. The van der Waals surface area contributed by atoms with Crippen LogP contribution in [0.15, 0.2) is 22.7 Å². The van der Waals surface area contributed by atoms with Gasteiger partial charge >= 0.3 is 0 Å². The normalized spacial score (nSPS) is 22.2. The number of benzene rings is 1. The van der Waals surface area contributed by atoms with Gasteiger partial charge in [-0.15, -0.1) is 0 Å². The highest BCUT2D eigenvalue weighted by Crippen LogP contribution is 2.29. The van der Waals surface area contributed by atoms with Gasteiger partial charge in [0, 0.05) is 23.1 Å². The van der Waals surface area contributed by atoms with E-state index in [1.54, 1.807) is 6.07 Å². The third-order valence-corrected chi connectivity index (χ3v) is 4.56. The number of nitrogens with one attached hydrogen (secondary N) is 1. The molecule has 2 rings (SSSR count). The first-order chi connectivity index (χ1) is 8.59. The molecule has 1 aromatic rings.